The van der Waals surface area contributed by atoms with Gasteiger partial charge in [0.05, 0.1) is 16.3 Å². The van der Waals surface area contributed by atoms with Crippen molar-refractivity contribution in [1.29, 1.82) is 0 Å². The molecular weight excluding hydrogens is 480 g/mol. The molecule has 3 rings (SSSR count). The normalized spacial score (nSPS) is 11.5. The SMILES string of the molecule is O=C(N/N=C\c1ccc(OCc2ccccc2F)c(Br)c1)c1cccc(C(F)(F)F)c1. The number of benzene rings is 3. The van der Waals surface area contributed by atoms with E-state index in [-0.39, 0.29) is 18.0 Å². The molecule has 1 N–H and O–H groups in total. The van der Waals surface area contributed by atoms with Crippen LogP contribution in [0.15, 0.2) is 76.3 Å². The van der Waals surface area contributed by atoms with Crippen molar-refractivity contribution in [2.75, 3.05) is 0 Å². The summed E-state index contributed by atoms with van der Waals surface area (Å²) in [4.78, 5) is 12.0. The number of carbonyl (C=O) groups is 1. The van der Waals surface area contributed by atoms with Crippen molar-refractivity contribution >= 4 is 28.1 Å². The molecule has 0 aromatic heterocycles. The number of nitrogens with one attached hydrogen (secondary N) is 1. The van der Waals surface area contributed by atoms with Crippen LogP contribution in [0.5, 0.6) is 5.75 Å². The summed E-state index contributed by atoms with van der Waals surface area (Å²) >= 11 is 3.35. The number of hydrogen-bond acceptors (Lipinski definition) is 3. The Morgan fingerprint density at radius 2 is 1.84 bits per heavy atom. The van der Waals surface area contributed by atoms with Crippen molar-refractivity contribution < 1.29 is 27.1 Å². The monoisotopic (exact) mass is 494 g/mol. The van der Waals surface area contributed by atoms with Crippen LogP contribution in [-0.4, -0.2) is 12.1 Å². The molecule has 3 aromatic carbocycles. The second kappa shape index (κ2) is 9.74. The molecule has 0 heterocycles. The number of hydrazone groups is 1. The fourth-order valence-electron chi connectivity index (χ4n) is 2.55. The minimum atomic E-state index is -4.54. The molecule has 4 nitrogen and oxygen atoms in total. The first-order chi connectivity index (χ1) is 14.7. The van der Waals surface area contributed by atoms with E-state index in [1.54, 1.807) is 36.4 Å². The zero-order valence-electron chi connectivity index (χ0n) is 15.8. The standard InChI is InChI=1S/C22H15BrF4N2O2/c23-18-10-14(8-9-20(18)31-13-16-4-1-2-7-19(16)24)12-28-29-21(30)15-5-3-6-17(11-15)22(25,26)27/h1-12H,13H2,(H,29,30)/b28-12-. The Balaban J connectivity index is 1.61. The maximum atomic E-state index is 13.7. The third kappa shape index (κ3) is 6.14. The van der Waals surface area contributed by atoms with Gasteiger partial charge < -0.3 is 4.74 Å². The Kier molecular flexibility index (Phi) is 7.06. The van der Waals surface area contributed by atoms with E-state index in [9.17, 15) is 22.4 Å². The average Bonchev–Trinajstić information content (AvgIpc) is 2.73. The zero-order valence-corrected chi connectivity index (χ0v) is 17.4. The van der Waals surface area contributed by atoms with Gasteiger partial charge in [0.1, 0.15) is 18.2 Å². The molecule has 3 aromatic rings. The van der Waals surface area contributed by atoms with E-state index in [4.69, 9.17) is 4.74 Å². The number of nitrogens with zero attached hydrogens (tertiary/aromatic N) is 1. The van der Waals surface area contributed by atoms with E-state index >= 15 is 0 Å². The summed E-state index contributed by atoms with van der Waals surface area (Å²) in [6, 6.07) is 15.3. The highest BCUT2D eigenvalue weighted by Crippen LogP contribution is 2.29. The molecule has 0 aliphatic heterocycles. The summed E-state index contributed by atoms with van der Waals surface area (Å²) in [5.41, 5.74) is 2.11. The molecule has 0 radical (unpaired) electrons. The molecule has 31 heavy (non-hydrogen) atoms. The van der Waals surface area contributed by atoms with Crippen LogP contribution in [0.2, 0.25) is 0 Å². The van der Waals surface area contributed by atoms with Crippen LogP contribution in [0.1, 0.15) is 27.0 Å². The van der Waals surface area contributed by atoms with E-state index < -0.39 is 17.6 Å². The van der Waals surface area contributed by atoms with Gasteiger partial charge in [-0.2, -0.15) is 18.3 Å². The zero-order chi connectivity index (χ0) is 22.4. The van der Waals surface area contributed by atoms with Crippen LogP contribution in [0.4, 0.5) is 17.6 Å². The molecule has 160 valence electrons. The fourth-order valence-corrected chi connectivity index (χ4v) is 3.06. The first kappa shape index (κ1) is 22.5. The summed E-state index contributed by atoms with van der Waals surface area (Å²) in [7, 11) is 0. The number of alkyl halides is 3. The minimum Gasteiger partial charge on any atom is -0.488 e. The van der Waals surface area contributed by atoms with Gasteiger partial charge in [0.15, 0.2) is 0 Å². The van der Waals surface area contributed by atoms with Crippen LogP contribution in [0.25, 0.3) is 0 Å². The Morgan fingerprint density at radius 1 is 1.06 bits per heavy atom. The molecule has 1 amide bonds. The lowest BCUT2D eigenvalue weighted by Gasteiger charge is -2.09. The quantitative estimate of drug-likeness (QED) is 0.261. The van der Waals surface area contributed by atoms with Crippen LogP contribution >= 0.6 is 15.9 Å². The number of carbonyl (C=O) groups excluding carboxylic acids is 1. The molecule has 9 heteroatoms. The average molecular weight is 495 g/mol. The van der Waals surface area contributed by atoms with Crippen molar-refractivity contribution in [2.24, 2.45) is 5.10 Å². The van der Waals surface area contributed by atoms with Crippen molar-refractivity contribution in [3.05, 3.63) is 99.3 Å². The van der Waals surface area contributed by atoms with Gasteiger partial charge >= 0.3 is 6.18 Å². The fraction of sp³-hybridized carbons (Fsp3) is 0.0909. The number of halogens is 5. The van der Waals surface area contributed by atoms with Gasteiger partial charge in [0.25, 0.3) is 5.91 Å². The van der Waals surface area contributed by atoms with Crippen LogP contribution < -0.4 is 10.2 Å². The summed E-state index contributed by atoms with van der Waals surface area (Å²) in [5, 5.41) is 3.77. The number of amides is 1. The molecule has 0 saturated carbocycles. The van der Waals surface area contributed by atoms with E-state index in [0.717, 1.165) is 18.2 Å². The van der Waals surface area contributed by atoms with E-state index in [2.05, 4.69) is 26.5 Å². The molecule has 0 aliphatic rings. The van der Waals surface area contributed by atoms with Gasteiger partial charge in [0, 0.05) is 11.1 Å². The van der Waals surface area contributed by atoms with Gasteiger partial charge in [-0.1, -0.05) is 24.3 Å². The van der Waals surface area contributed by atoms with E-state index in [1.165, 1.54) is 18.3 Å². The smallest absolute Gasteiger partial charge is 0.416 e. The van der Waals surface area contributed by atoms with Crippen molar-refractivity contribution in [3.63, 3.8) is 0 Å². The first-order valence-corrected chi connectivity index (χ1v) is 9.70. The highest BCUT2D eigenvalue weighted by molar-refractivity contribution is 9.10. The Bertz CT molecular complexity index is 1120. The summed E-state index contributed by atoms with van der Waals surface area (Å²) in [6.45, 7) is 0.0474. The van der Waals surface area contributed by atoms with Gasteiger partial charge in [0.2, 0.25) is 0 Å². The number of rotatable bonds is 6. The van der Waals surface area contributed by atoms with Gasteiger partial charge in [-0.3, -0.25) is 4.79 Å². The summed E-state index contributed by atoms with van der Waals surface area (Å²) < 4.78 is 58.1. The molecule has 0 bridgehead atoms. The Hall–Kier alpha value is -3.20. The molecule has 0 aliphatic carbocycles. The molecule has 0 atom stereocenters. The third-order valence-corrected chi connectivity index (χ3v) is 4.75. The van der Waals surface area contributed by atoms with Gasteiger partial charge in [-0.05, 0) is 64.0 Å². The minimum absolute atomic E-state index is 0.0474. The van der Waals surface area contributed by atoms with E-state index in [0.29, 0.717) is 21.3 Å². The molecule has 0 fully saturated rings. The maximum absolute atomic E-state index is 13.7. The largest absolute Gasteiger partial charge is 0.488 e. The lowest BCUT2D eigenvalue weighted by molar-refractivity contribution is -0.137. The van der Waals surface area contributed by atoms with Gasteiger partial charge in [-0.25, -0.2) is 9.82 Å². The highest BCUT2D eigenvalue weighted by Gasteiger charge is 2.30. The van der Waals surface area contributed by atoms with Gasteiger partial charge in [-0.15, -0.1) is 0 Å². The topological polar surface area (TPSA) is 50.7 Å². The third-order valence-electron chi connectivity index (χ3n) is 4.13. The second-order valence-corrected chi connectivity index (χ2v) is 7.20. The second-order valence-electron chi connectivity index (χ2n) is 6.35. The molecule has 0 spiro atoms. The predicted octanol–water partition coefficient (Wildman–Crippen LogP) is 5.95. The summed E-state index contributed by atoms with van der Waals surface area (Å²) in [6.07, 6.45) is -3.21. The van der Waals surface area contributed by atoms with Crippen LogP contribution in [0, 0.1) is 5.82 Å². The number of hydrogen-bond donors (Lipinski definition) is 1. The predicted molar refractivity (Wildman–Crippen MR) is 111 cm³/mol. The molecular formula is C22H15BrF4N2O2. The van der Waals surface area contributed by atoms with Crippen molar-refractivity contribution in [3.8, 4) is 5.75 Å². The highest BCUT2D eigenvalue weighted by atomic mass is 79.9. The summed E-state index contributed by atoms with van der Waals surface area (Å²) in [5.74, 6) is -0.654. The van der Waals surface area contributed by atoms with Crippen LogP contribution in [-0.2, 0) is 12.8 Å². The molecule has 0 saturated heterocycles. The lowest BCUT2D eigenvalue weighted by atomic mass is 10.1. The van der Waals surface area contributed by atoms with E-state index in [1.807, 2.05) is 0 Å². The lowest BCUT2D eigenvalue weighted by Crippen LogP contribution is -2.18. The Labute approximate surface area is 183 Å². The van der Waals surface area contributed by atoms with Crippen LogP contribution in [0.3, 0.4) is 0 Å². The Morgan fingerprint density at radius 3 is 2.55 bits per heavy atom. The van der Waals surface area contributed by atoms with Crippen molar-refractivity contribution in [2.45, 2.75) is 12.8 Å². The van der Waals surface area contributed by atoms with Crippen molar-refractivity contribution in [1.82, 2.24) is 5.43 Å². The molecule has 0 unspecified atom stereocenters. The number of ether oxygens (including phenoxy) is 1. The maximum Gasteiger partial charge on any atom is 0.416 e. The first-order valence-electron chi connectivity index (χ1n) is 8.90.